The van der Waals surface area contributed by atoms with E-state index in [1.807, 2.05) is 0 Å². The first-order chi connectivity index (χ1) is 7.41. The van der Waals surface area contributed by atoms with Crippen molar-refractivity contribution in [3.05, 3.63) is 24.3 Å². The Morgan fingerprint density at radius 3 is 2.07 bits per heavy atom. The highest BCUT2D eigenvalue weighted by molar-refractivity contribution is 4.91. The first-order valence-electron chi connectivity index (χ1n) is 6.68. The van der Waals surface area contributed by atoms with Crippen LogP contribution >= 0.6 is 0 Å². The molecule has 0 heterocycles. The molecule has 88 valence electrons. The maximum atomic E-state index is 2.33. The van der Waals surface area contributed by atoms with E-state index in [4.69, 9.17) is 0 Å². The summed E-state index contributed by atoms with van der Waals surface area (Å²) < 4.78 is 0. The predicted molar refractivity (Wildman–Crippen MR) is 71.2 cm³/mol. The molecule has 0 aliphatic heterocycles. The smallest absolute Gasteiger partial charge is 0.0169 e. The highest BCUT2D eigenvalue weighted by Gasteiger charge is 1.88. The summed E-state index contributed by atoms with van der Waals surface area (Å²) >= 11 is 0. The van der Waals surface area contributed by atoms with Gasteiger partial charge >= 0.3 is 0 Å². The van der Waals surface area contributed by atoms with Crippen LogP contribution in [0.4, 0.5) is 0 Å². The third-order valence-electron chi connectivity index (χ3n) is 2.65. The van der Waals surface area contributed by atoms with E-state index in [-0.39, 0.29) is 0 Å². The van der Waals surface area contributed by atoms with Crippen LogP contribution in [-0.2, 0) is 0 Å². The van der Waals surface area contributed by atoms with Crippen LogP contribution in [0, 0.1) is 0 Å². The normalized spacial score (nSPS) is 11.9. The molecule has 0 atom stereocenters. The van der Waals surface area contributed by atoms with E-state index in [1.165, 1.54) is 51.4 Å². The average molecular weight is 208 g/mol. The highest BCUT2D eigenvalue weighted by atomic mass is 13.9. The molecular formula is C15H28. The van der Waals surface area contributed by atoms with Crippen LogP contribution in [-0.4, -0.2) is 0 Å². The lowest BCUT2D eigenvalue weighted by atomic mass is 10.1. The van der Waals surface area contributed by atoms with Crippen molar-refractivity contribution in [1.29, 1.82) is 0 Å². The molecule has 0 spiro atoms. The van der Waals surface area contributed by atoms with Crippen molar-refractivity contribution in [1.82, 2.24) is 0 Å². The van der Waals surface area contributed by atoms with Gasteiger partial charge in [-0.15, -0.1) is 0 Å². The van der Waals surface area contributed by atoms with Gasteiger partial charge in [0.2, 0.25) is 0 Å². The zero-order valence-corrected chi connectivity index (χ0v) is 10.7. The highest BCUT2D eigenvalue weighted by Crippen LogP contribution is 2.08. The van der Waals surface area contributed by atoms with E-state index in [9.17, 15) is 0 Å². The van der Waals surface area contributed by atoms with Crippen molar-refractivity contribution in [2.75, 3.05) is 0 Å². The van der Waals surface area contributed by atoms with Crippen LogP contribution in [0.1, 0.15) is 71.6 Å². The fourth-order valence-corrected chi connectivity index (χ4v) is 1.65. The Morgan fingerprint density at radius 2 is 1.40 bits per heavy atom. The summed E-state index contributed by atoms with van der Waals surface area (Å²) in [5.41, 5.74) is 0. The van der Waals surface area contributed by atoms with Gasteiger partial charge in [0.05, 0.1) is 0 Å². The van der Waals surface area contributed by atoms with Crippen LogP contribution in [0.25, 0.3) is 0 Å². The molecule has 0 aliphatic rings. The molecule has 0 aromatic carbocycles. The maximum absolute atomic E-state index is 2.33. The van der Waals surface area contributed by atoms with Gasteiger partial charge in [0.15, 0.2) is 0 Å². The lowest BCUT2D eigenvalue weighted by Crippen LogP contribution is -1.78. The van der Waals surface area contributed by atoms with Crippen molar-refractivity contribution in [2.24, 2.45) is 0 Å². The lowest BCUT2D eigenvalue weighted by molar-refractivity contribution is 0.592. The molecule has 0 aromatic rings. The Labute approximate surface area is 96.5 Å². The fraction of sp³-hybridized carbons (Fsp3) is 0.733. The van der Waals surface area contributed by atoms with Gasteiger partial charge in [0.25, 0.3) is 0 Å². The molecule has 0 rings (SSSR count). The topological polar surface area (TPSA) is 0 Å². The molecule has 0 fully saturated rings. The standard InChI is InChI=1S/C15H28/c1-3-5-7-9-11-13-15-14-12-10-8-6-4-2/h3,5,9,11H,4,6-8,10,12-15H2,1-2H3. The molecule has 0 saturated heterocycles. The van der Waals surface area contributed by atoms with Gasteiger partial charge in [-0.1, -0.05) is 69.8 Å². The first kappa shape index (κ1) is 14.5. The van der Waals surface area contributed by atoms with Gasteiger partial charge in [-0.3, -0.25) is 0 Å². The third kappa shape index (κ3) is 13.5. The molecule has 0 radical (unpaired) electrons. The summed E-state index contributed by atoms with van der Waals surface area (Å²) in [5, 5.41) is 0. The van der Waals surface area contributed by atoms with E-state index in [2.05, 4.69) is 38.2 Å². The van der Waals surface area contributed by atoms with Crippen molar-refractivity contribution < 1.29 is 0 Å². The Morgan fingerprint density at radius 1 is 0.733 bits per heavy atom. The molecule has 0 N–H and O–H groups in total. The number of rotatable bonds is 10. The molecule has 0 bridgehead atoms. The van der Waals surface area contributed by atoms with Gasteiger partial charge in [-0.2, -0.15) is 0 Å². The first-order valence-corrected chi connectivity index (χ1v) is 6.68. The second-order valence-corrected chi connectivity index (χ2v) is 4.19. The van der Waals surface area contributed by atoms with Gasteiger partial charge < -0.3 is 0 Å². The minimum absolute atomic E-state index is 1.10. The Kier molecular flexibility index (Phi) is 13.0. The van der Waals surface area contributed by atoms with E-state index in [1.54, 1.807) is 0 Å². The molecular weight excluding hydrogens is 180 g/mol. The molecule has 0 heteroatoms. The van der Waals surface area contributed by atoms with Crippen LogP contribution in [0.5, 0.6) is 0 Å². The molecule has 0 unspecified atom stereocenters. The molecule has 15 heavy (non-hydrogen) atoms. The van der Waals surface area contributed by atoms with Crippen LogP contribution in [0.2, 0.25) is 0 Å². The molecule has 0 nitrogen and oxygen atoms in total. The molecule has 0 aromatic heterocycles. The van der Waals surface area contributed by atoms with Gasteiger partial charge in [0.1, 0.15) is 0 Å². The number of hydrogen-bond donors (Lipinski definition) is 0. The van der Waals surface area contributed by atoms with E-state index < -0.39 is 0 Å². The van der Waals surface area contributed by atoms with E-state index in [0.717, 1.165) is 6.42 Å². The summed E-state index contributed by atoms with van der Waals surface area (Å²) in [6.45, 7) is 4.35. The monoisotopic (exact) mass is 208 g/mol. The summed E-state index contributed by atoms with van der Waals surface area (Å²) in [6, 6.07) is 0. The Balaban J connectivity index is 3.01. The fourth-order valence-electron chi connectivity index (χ4n) is 1.65. The zero-order chi connectivity index (χ0) is 11.2. The number of allylic oxidation sites excluding steroid dienone is 4. The molecule has 0 amide bonds. The third-order valence-corrected chi connectivity index (χ3v) is 2.65. The van der Waals surface area contributed by atoms with Crippen LogP contribution in [0.3, 0.4) is 0 Å². The second kappa shape index (κ2) is 13.5. The quantitative estimate of drug-likeness (QED) is 0.321. The number of hydrogen-bond acceptors (Lipinski definition) is 0. The minimum Gasteiger partial charge on any atom is -0.0914 e. The van der Waals surface area contributed by atoms with Gasteiger partial charge in [-0.05, 0) is 26.2 Å². The molecule has 0 saturated carbocycles. The maximum Gasteiger partial charge on any atom is -0.0169 e. The minimum atomic E-state index is 1.10. The lowest BCUT2D eigenvalue weighted by Gasteiger charge is -1.98. The van der Waals surface area contributed by atoms with E-state index in [0.29, 0.717) is 0 Å². The van der Waals surface area contributed by atoms with Crippen molar-refractivity contribution in [2.45, 2.75) is 71.6 Å². The van der Waals surface area contributed by atoms with Crippen molar-refractivity contribution >= 4 is 0 Å². The van der Waals surface area contributed by atoms with Crippen LogP contribution in [0.15, 0.2) is 24.3 Å². The van der Waals surface area contributed by atoms with Gasteiger partial charge in [-0.25, -0.2) is 0 Å². The predicted octanol–water partition coefficient (Wildman–Crippen LogP) is 5.65. The Hall–Kier alpha value is -0.520. The van der Waals surface area contributed by atoms with Crippen molar-refractivity contribution in [3.8, 4) is 0 Å². The Bertz CT molecular complexity index is 153. The summed E-state index contributed by atoms with van der Waals surface area (Å²) in [4.78, 5) is 0. The second-order valence-electron chi connectivity index (χ2n) is 4.19. The summed E-state index contributed by atoms with van der Waals surface area (Å²) in [6.07, 6.45) is 21.2. The largest absolute Gasteiger partial charge is 0.0914 e. The summed E-state index contributed by atoms with van der Waals surface area (Å²) in [7, 11) is 0. The SMILES string of the molecule is CC=CCC=CCCCCCCCCC. The molecule has 0 aliphatic carbocycles. The van der Waals surface area contributed by atoms with Gasteiger partial charge in [0, 0.05) is 0 Å². The van der Waals surface area contributed by atoms with Crippen molar-refractivity contribution in [3.63, 3.8) is 0 Å². The number of unbranched alkanes of at least 4 members (excludes halogenated alkanes) is 7. The summed E-state index contributed by atoms with van der Waals surface area (Å²) in [5.74, 6) is 0. The van der Waals surface area contributed by atoms with Crippen LogP contribution < -0.4 is 0 Å². The average Bonchev–Trinajstić information content (AvgIpc) is 2.26. The van der Waals surface area contributed by atoms with E-state index >= 15 is 0 Å². The zero-order valence-electron chi connectivity index (χ0n) is 10.7.